The number of benzene rings is 1. The molecule has 0 bridgehead atoms. The topological polar surface area (TPSA) is 21.3 Å². The average Bonchev–Trinajstić information content (AvgIpc) is 2.44. The summed E-state index contributed by atoms with van der Waals surface area (Å²) >= 11 is 0. The van der Waals surface area contributed by atoms with Crippen molar-refractivity contribution in [3.05, 3.63) is 28.8 Å². The van der Waals surface area contributed by atoms with E-state index in [9.17, 15) is 0 Å². The maximum Gasteiger partial charge on any atom is 0.123 e. The SMILES string of the molecule is CNC1CCC(C(C)C)CC1Oc1cc(C)cc(C)c1C. The lowest BCUT2D eigenvalue weighted by atomic mass is 9.78. The Kier molecular flexibility index (Phi) is 5.32. The van der Waals surface area contributed by atoms with Gasteiger partial charge in [-0.1, -0.05) is 19.9 Å². The van der Waals surface area contributed by atoms with Crippen LogP contribution in [0, 0.1) is 32.6 Å². The molecule has 0 radical (unpaired) electrons. The van der Waals surface area contributed by atoms with Crippen LogP contribution in [0.5, 0.6) is 5.75 Å². The fraction of sp³-hybridized carbons (Fsp3) is 0.684. The van der Waals surface area contributed by atoms with Crippen molar-refractivity contribution >= 4 is 0 Å². The number of ether oxygens (including phenoxy) is 1. The molecule has 2 nitrogen and oxygen atoms in total. The Labute approximate surface area is 130 Å². The van der Waals surface area contributed by atoms with Crippen molar-refractivity contribution in [1.29, 1.82) is 0 Å². The van der Waals surface area contributed by atoms with Crippen molar-refractivity contribution in [2.75, 3.05) is 7.05 Å². The molecule has 0 heterocycles. The van der Waals surface area contributed by atoms with Gasteiger partial charge >= 0.3 is 0 Å². The molecule has 3 unspecified atom stereocenters. The summed E-state index contributed by atoms with van der Waals surface area (Å²) in [6.07, 6.45) is 3.98. The van der Waals surface area contributed by atoms with Crippen LogP contribution >= 0.6 is 0 Å². The highest BCUT2D eigenvalue weighted by molar-refractivity contribution is 5.42. The van der Waals surface area contributed by atoms with Crippen LogP contribution < -0.4 is 10.1 Å². The minimum atomic E-state index is 0.288. The Bertz CT molecular complexity index is 481. The molecule has 1 fully saturated rings. The summed E-state index contributed by atoms with van der Waals surface area (Å²) < 4.78 is 6.47. The maximum absolute atomic E-state index is 6.47. The molecular weight excluding hydrogens is 258 g/mol. The summed E-state index contributed by atoms with van der Waals surface area (Å²) in [5.41, 5.74) is 3.88. The van der Waals surface area contributed by atoms with Gasteiger partial charge in [0.15, 0.2) is 0 Å². The Morgan fingerprint density at radius 2 is 1.86 bits per heavy atom. The lowest BCUT2D eigenvalue weighted by Gasteiger charge is -2.38. The number of aryl methyl sites for hydroxylation is 2. The van der Waals surface area contributed by atoms with Gasteiger partial charge in [0.05, 0.1) is 0 Å². The van der Waals surface area contributed by atoms with Gasteiger partial charge in [0.2, 0.25) is 0 Å². The Morgan fingerprint density at radius 3 is 2.48 bits per heavy atom. The molecule has 118 valence electrons. The first-order valence-electron chi connectivity index (χ1n) is 8.34. The van der Waals surface area contributed by atoms with E-state index < -0.39 is 0 Å². The zero-order valence-electron chi connectivity index (χ0n) is 14.5. The van der Waals surface area contributed by atoms with Gasteiger partial charge in [-0.25, -0.2) is 0 Å². The lowest BCUT2D eigenvalue weighted by Crippen LogP contribution is -2.46. The molecule has 2 heteroatoms. The molecule has 2 rings (SSSR count). The molecule has 1 aliphatic rings. The molecular formula is C19H31NO. The molecule has 21 heavy (non-hydrogen) atoms. The average molecular weight is 289 g/mol. The molecule has 0 spiro atoms. The first-order chi connectivity index (χ1) is 9.92. The smallest absolute Gasteiger partial charge is 0.123 e. The third-order valence-electron chi connectivity index (χ3n) is 5.19. The molecule has 1 N–H and O–H groups in total. The van der Waals surface area contributed by atoms with Crippen LogP contribution in [0.3, 0.4) is 0 Å². The summed E-state index contributed by atoms with van der Waals surface area (Å²) in [6, 6.07) is 4.89. The second-order valence-electron chi connectivity index (χ2n) is 7.07. The molecule has 0 amide bonds. The first-order valence-corrected chi connectivity index (χ1v) is 8.34. The molecule has 1 saturated carbocycles. The van der Waals surface area contributed by atoms with Gasteiger partial charge in [-0.05, 0) is 81.7 Å². The number of nitrogens with one attached hydrogen (secondary N) is 1. The standard InChI is InChI=1S/C19H31NO/c1-12(2)16-7-8-17(20-6)19(11-16)21-18-10-13(3)9-14(4)15(18)5/h9-10,12,16-17,19-20H,7-8,11H2,1-6H3. The largest absolute Gasteiger partial charge is 0.489 e. The van der Waals surface area contributed by atoms with E-state index in [1.165, 1.54) is 29.5 Å². The van der Waals surface area contributed by atoms with Crippen molar-refractivity contribution in [2.24, 2.45) is 11.8 Å². The monoisotopic (exact) mass is 289 g/mol. The van der Waals surface area contributed by atoms with Crippen molar-refractivity contribution < 1.29 is 4.74 Å². The summed E-state index contributed by atoms with van der Waals surface area (Å²) in [7, 11) is 2.06. The van der Waals surface area contributed by atoms with Gasteiger partial charge < -0.3 is 10.1 Å². The summed E-state index contributed by atoms with van der Waals surface area (Å²) in [5.74, 6) is 2.60. The number of hydrogen-bond donors (Lipinski definition) is 1. The van der Waals surface area contributed by atoms with Gasteiger partial charge in [-0.3, -0.25) is 0 Å². The normalized spacial score (nSPS) is 26.1. The maximum atomic E-state index is 6.47. The van der Waals surface area contributed by atoms with Gasteiger partial charge in [-0.15, -0.1) is 0 Å². The summed E-state index contributed by atoms with van der Waals surface area (Å²) in [4.78, 5) is 0. The Hall–Kier alpha value is -1.02. The highest BCUT2D eigenvalue weighted by Crippen LogP contribution is 2.34. The van der Waals surface area contributed by atoms with Crippen LogP contribution in [-0.2, 0) is 0 Å². The molecule has 0 aromatic heterocycles. The summed E-state index contributed by atoms with van der Waals surface area (Å²) in [6.45, 7) is 11.2. The predicted octanol–water partition coefficient (Wildman–Crippen LogP) is 4.40. The predicted molar refractivity (Wildman–Crippen MR) is 90.1 cm³/mol. The van der Waals surface area contributed by atoms with Gasteiger partial charge in [0.1, 0.15) is 11.9 Å². The second kappa shape index (κ2) is 6.83. The molecule has 1 aromatic carbocycles. The van der Waals surface area contributed by atoms with Crippen LogP contribution in [-0.4, -0.2) is 19.2 Å². The minimum absolute atomic E-state index is 0.288. The molecule has 0 saturated heterocycles. The van der Waals surface area contributed by atoms with Gasteiger partial charge in [-0.2, -0.15) is 0 Å². The second-order valence-corrected chi connectivity index (χ2v) is 7.07. The third kappa shape index (κ3) is 3.79. The highest BCUT2D eigenvalue weighted by atomic mass is 16.5. The fourth-order valence-electron chi connectivity index (χ4n) is 3.51. The van der Waals surface area contributed by atoms with Gasteiger partial charge in [0.25, 0.3) is 0 Å². The lowest BCUT2D eigenvalue weighted by molar-refractivity contribution is 0.0743. The number of hydrogen-bond acceptors (Lipinski definition) is 2. The minimum Gasteiger partial charge on any atom is -0.489 e. The highest BCUT2D eigenvalue weighted by Gasteiger charge is 2.32. The van der Waals surface area contributed by atoms with Gasteiger partial charge in [0, 0.05) is 6.04 Å². The van der Waals surface area contributed by atoms with E-state index in [-0.39, 0.29) is 6.10 Å². The fourth-order valence-corrected chi connectivity index (χ4v) is 3.51. The zero-order valence-corrected chi connectivity index (χ0v) is 14.5. The van der Waals surface area contributed by atoms with Crippen LogP contribution in [0.1, 0.15) is 49.8 Å². The first kappa shape index (κ1) is 16.4. The van der Waals surface area contributed by atoms with E-state index >= 15 is 0 Å². The zero-order chi connectivity index (χ0) is 15.6. The summed E-state index contributed by atoms with van der Waals surface area (Å²) in [5, 5.41) is 3.46. The van der Waals surface area contributed by atoms with Crippen LogP contribution in [0.15, 0.2) is 12.1 Å². The van der Waals surface area contributed by atoms with E-state index in [0.717, 1.165) is 24.0 Å². The number of rotatable bonds is 4. The number of likely N-dealkylation sites (N-methyl/N-ethyl adjacent to an activating group) is 1. The molecule has 3 atom stereocenters. The molecule has 1 aromatic rings. The third-order valence-corrected chi connectivity index (χ3v) is 5.19. The quantitative estimate of drug-likeness (QED) is 0.887. The molecule has 0 aliphatic heterocycles. The van der Waals surface area contributed by atoms with Crippen LogP contribution in [0.2, 0.25) is 0 Å². The van der Waals surface area contributed by atoms with Crippen molar-refractivity contribution in [1.82, 2.24) is 5.32 Å². The van der Waals surface area contributed by atoms with E-state index in [1.54, 1.807) is 0 Å². The van der Waals surface area contributed by atoms with E-state index in [2.05, 4.69) is 59.1 Å². The Morgan fingerprint density at radius 1 is 1.14 bits per heavy atom. The van der Waals surface area contributed by atoms with Crippen molar-refractivity contribution in [2.45, 2.75) is 66.0 Å². The van der Waals surface area contributed by atoms with Crippen LogP contribution in [0.25, 0.3) is 0 Å². The van der Waals surface area contributed by atoms with Crippen LogP contribution in [0.4, 0.5) is 0 Å². The van der Waals surface area contributed by atoms with Crippen molar-refractivity contribution in [3.63, 3.8) is 0 Å². The van der Waals surface area contributed by atoms with E-state index in [1.807, 2.05) is 0 Å². The Balaban J connectivity index is 2.18. The van der Waals surface area contributed by atoms with E-state index in [0.29, 0.717) is 6.04 Å². The van der Waals surface area contributed by atoms with E-state index in [4.69, 9.17) is 4.74 Å². The molecule has 1 aliphatic carbocycles. The van der Waals surface area contributed by atoms with Crippen molar-refractivity contribution in [3.8, 4) is 5.75 Å².